The van der Waals surface area contributed by atoms with Gasteiger partial charge in [0.05, 0.1) is 12.6 Å². The van der Waals surface area contributed by atoms with Gasteiger partial charge in [0, 0.05) is 25.1 Å². The van der Waals surface area contributed by atoms with Crippen molar-refractivity contribution in [3.05, 3.63) is 65.7 Å². The first-order valence-electron chi connectivity index (χ1n) is 9.74. The molecule has 0 radical (unpaired) electrons. The molecule has 1 heterocycles. The lowest BCUT2D eigenvalue weighted by Gasteiger charge is -2.24. The van der Waals surface area contributed by atoms with Crippen molar-refractivity contribution in [3.8, 4) is 0 Å². The van der Waals surface area contributed by atoms with Crippen molar-refractivity contribution in [2.75, 3.05) is 11.4 Å². The Kier molecular flexibility index (Phi) is 6.58. The Morgan fingerprint density at radius 1 is 1.07 bits per heavy atom. The largest absolute Gasteiger partial charge is 0.333 e. The Morgan fingerprint density at radius 3 is 2.46 bits per heavy atom. The summed E-state index contributed by atoms with van der Waals surface area (Å²) in [6.07, 6.45) is 2.64. The smallest absolute Gasteiger partial charge is 0.227 e. The number of anilines is 1. The van der Waals surface area contributed by atoms with Crippen LogP contribution in [0.5, 0.6) is 0 Å². The number of amides is 2. The minimum Gasteiger partial charge on any atom is -0.333 e. The minimum atomic E-state index is -0.333. The van der Waals surface area contributed by atoms with Crippen LogP contribution in [-0.4, -0.2) is 35.6 Å². The molecule has 2 aromatic rings. The van der Waals surface area contributed by atoms with E-state index in [-0.39, 0.29) is 30.7 Å². The normalized spacial score (nSPS) is 16.0. The minimum absolute atomic E-state index is 0.0954. The van der Waals surface area contributed by atoms with Crippen LogP contribution in [0.1, 0.15) is 36.8 Å². The average Bonchev–Trinajstić information content (AvgIpc) is 3.21. The summed E-state index contributed by atoms with van der Waals surface area (Å²) in [5.41, 5.74) is 3.02. The highest BCUT2D eigenvalue weighted by molar-refractivity contribution is 5.95. The molecule has 1 saturated heterocycles. The van der Waals surface area contributed by atoms with Crippen LogP contribution in [0.4, 0.5) is 5.69 Å². The molecular weight excluding hydrogens is 352 g/mol. The van der Waals surface area contributed by atoms with Crippen LogP contribution in [0, 0.1) is 6.92 Å². The summed E-state index contributed by atoms with van der Waals surface area (Å²) in [7, 11) is 0. The van der Waals surface area contributed by atoms with Gasteiger partial charge in [-0.3, -0.25) is 9.59 Å². The lowest BCUT2D eigenvalue weighted by Crippen LogP contribution is -2.37. The highest BCUT2D eigenvalue weighted by Crippen LogP contribution is 2.21. The number of carbonyl (C=O) groups excluding carboxylic acids is 3. The van der Waals surface area contributed by atoms with E-state index in [0.717, 1.165) is 24.0 Å². The number of para-hydroxylation sites is 1. The van der Waals surface area contributed by atoms with Gasteiger partial charge >= 0.3 is 0 Å². The van der Waals surface area contributed by atoms with Crippen molar-refractivity contribution in [2.24, 2.45) is 0 Å². The third kappa shape index (κ3) is 4.85. The number of rotatable bonds is 7. The van der Waals surface area contributed by atoms with Crippen LogP contribution in [0.3, 0.4) is 0 Å². The molecule has 3 rings (SSSR count). The fourth-order valence-corrected chi connectivity index (χ4v) is 3.54. The van der Waals surface area contributed by atoms with Gasteiger partial charge in [-0.2, -0.15) is 0 Å². The van der Waals surface area contributed by atoms with Crippen LogP contribution in [-0.2, 0) is 20.9 Å². The lowest BCUT2D eigenvalue weighted by molar-refractivity contribution is -0.135. The summed E-state index contributed by atoms with van der Waals surface area (Å²) in [5.74, 6) is -0.215. The number of likely N-dealkylation sites (tertiary alicyclic amines) is 1. The fourth-order valence-electron chi connectivity index (χ4n) is 3.54. The number of nitrogens with zero attached hydrogens (tertiary/aromatic N) is 2. The van der Waals surface area contributed by atoms with Crippen molar-refractivity contribution in [1.82, 2.24) is 4.90 Å². The molecule has 0 aliphatic carbocycles. The summed E-state index contributed by atoms with van der Waals surface area (Å²) in [6, 6.07) is 17.3. The topological polar surface area (TPSA) is 57.7 Å². The summed E-state index contributed by atoms with van der Waals surface area (Å²) < 4.78 is 0. The quantitative estimate of drug-likeness (QED) is 0.693. The first-order chi connectivity index (χ1) is 13.6. The van der Waals surface area contributed by atoms with Gasteiger partial charge in [-0.15, -0.1) is 0 Å². The molecule has 1 fully saturated rings. The van der Waals surface area contributed by atoms with Gasteiger partial charge in [-0.1, -0.05) is 48.0 Å². The highest BCUT2D eigenvalue weighted by Gasteiger charge is 2.28. The maximum Gasteiger partial charge on any atom is 0.227 e. The Labute approximate surface area is 166 Å². The Hall–Kier alpha value is -2.95. The summed E-state index contributed by atoms with van der Waals surface area (Å²) in [6.45, 7) is 3.08. The van der Waals surface area contributed by atoms with Crippen LogP contribution >= 0.6 is 0 Å². The molecule has 1 atom stereocenters. The number of carbonyl (C=O) groups is 3. The highest BCUT2D eigenvalue weighted by atomic mass is 16.2. The molecular formula is C23H26N2O3. The van der Waals surface area contributed by atoms with Crippen LogP contribution < -0.4 is 4.90 Å². The molecule has 1 aliphatic heterocycles. The zero-order valence-electron chi connectivity index (χ0n) is 16.2. The molecule has 0 N–H and O–H groups in total. The molecule has 5 heteroatoms. The van der Waals surface area contributed by atoms with E-state index in [0.29, 0.717) is 19.5 Å². The van der Waals surface area contributed by atoms with Gasteiger partial charge < -0.3 is 14.6 Å². The van der Waals surface area contributed by atoms with Crippen LogP contribution in [0.15, 0.2) is 54.6 Å². The van der Waals surface area contributed by atoms with Crippen molar-refractivity contribution in [1.29, 1.82) is 0 Å². The number of hydrogen-bond acceptors (Lipinski definition) is 3. The molecule has 28 heavy (non-hydrogen) atoms. The first kappa shape index (κ1) is 19.8. The molecule has 0 aromatic heterocycles. The van der Waals surface area contributed by atoms with E-state index in [1.807, 2.05) is 61.5 Å². The number of benzene rings is 2. The van der Waals surface area contributed by atoms with E-state index < -0.39 is 0 Å². The molecule has 2 aromatic carbocycles. The Balaban J connectivity index is 1.69. The van der Waals surface area contributed by atoms with Crippen molar-refractivity contribution >= 4 is 23.8 Å². The predicted octanol–water partition coefficient (Wildman–Crippen LogP) is 3.50. The third-order valence-electron chi connectivity index (χ3n) is 5.16. The monoisotopic (exact) mass is 378 g/mol. The van der Waals surface area contributed by atoms with E-state index in [4.69, 9.17) is 0 Å². The number of hydrogen-bond donors (Lipinski definition) is 0. The molecule has 1 aliphatic rings. The molecule has 5 nitrogen and oxygen atoms in total. The number of aldehydes is 1. The zero-order valence-corrected chi connectivity index (χ0v) is 16.2. The molecule has 2 amide bonds. The van der Waals surface area contributed by atoms with Gasteiger partial charge in [0.2, 0.25) is 11.8 Å². The van der Waals surface area contributed by atoms with Crippen molar-refractivity contribution in [3.63, 3.8) is 0 Å². The van der Waals surface area contributed by atoms with E-state index >= 15 is 0 Å². The second-order valence-corrected chi connectivity index (χ2v) is 7.23. The second kappa shape index (κ2) is 9.31. The van der Waals surface area contributed by atoms with E-state index in [2.05, 4.69) is 0 Å². The average molecular weight is 378 g/mol. The van der Waals surface area contributed by atoms with Gasteiger partial charge in [-0.05, 0) is 37.5 Å². The third-order valence-corrected chi connectivity index (χ3v) is 5.16. The lowest BCUT2D eigenvalue weighted by atomic mass is 10.1. The summed E-state index contributed by atoms with van der Waals surface area (Å²) in [4.78, 5) is 39.9. The maximum atomic E-state index is 13.0. The zero-order chi connectivity index (χ0) is 19.9. The maximum absolute atomic E-state index is 13.0. The van der Waals surface area contributed by atoms with Gasteiger partial charge in [0.1, 0.15) is 6.29 Å². The first-order valence-corrected chi connectivity index (χ1v) is 9.74. The molecule has 146 valence electrons. The number of aryl methyl sites for hydroxylation is 1. The SMILES string of the molecule is Cc1ccc(CN(C(=O)CCC(=O)N2CCC[C@H]2C=O)c2ccccc2)cc1. The van der Waals surface area contributed by atoms with Crippen molar-refractivity contribution < 1.29 is 14.4 Å². The van der Waals surface area contributed by atoms with E-state index in [9.17, 15) is 14.4 Å². The van der Waals surface area contributed by atoms with E-state index in [1.165, 1.54) is 5.56 Å². The van der Waals surface area contributed by atoms with Gasteiger partial charge in [-0.25, -0.2) is 0 Å². The second-order valence-electron chi connectivity index (χ2n) is 7.23. The fraction of sp³-hybridized carbons (Fsp3) is 0.348. The van der Waals surface area contributed by atoms with Crippen LogP contribution in [0.25, 0.3) is 0 Å². The van der Waals surface area contributed by atoms with Crippen LogP contribution in [0.2, 0.25) is 0 Å². The standard InChI is InChI=1S/C23H26N2O3/c1-18-9-11-19(12-10-18)16-25(20-6-3-2-4-7-20)23(28)14-13-22(27)24-15-5-8-21(24)17-26/h2-4,6-7,9-12,17,21H,5,8,13-16H2,1H3/t21-/m0/s1. The molecule has 0 saturated carbocycles. The van der Waals surface area contributed by atoms with Gasteiger partial charge in [0.25, 0.3) is 0 Å². The van der Waals surface area contributed by atoms with Gasteiger partial charge in [0.15, 0.2) is 0 Å². The summed E-state index contributed by atoms with van der Waals surface area (Å²) >= 11 is 0. The molecule has 0 unspecified atom stereocenters. The Bertz CT molecular complexity index is 818. The predicted molar refractivity (Wildman–Crippen MR) is 109 cm³/mol. The molecule has 0 bridgehead atoms. The summed E-state index contributed by atoms with van der Waals surface area (Å²) in [5, 5.41) is 0. The van der Waals surface area contributed by atoms with Crippen molar-refractivity contribution in [2.45, 2.75) is 45.2 Å². The van der Waals surface area contributed by atoms with E-state index in [1.54, 1.807) is 9.80 Å². The Morgan fingerprint density at radius 2 is 1.79 bits per heavy atom. The molecule has 0 spiro atoms.